The molecule has 1 atom stereocenters. The predicted molar refractivity (Wildman–Crippen MR) is 91.5 cm³/mol. The van der Waals surface area contributed by atoms with E-state index in [4.69, 9.17) is 4.52 Å². The third-order valence-electron chi connectivity index (χ3n) is 4.58. The Balaban J connectivity index is 1.51. The zero-order chi connectivity index (χ0) is 16.8. The lowest BCUT2D eigenvalue weighted by atomic mass is 9.99. The Morgan fingerprint density at radius 2 is 2.21 bits per heavy atom. The first-order chi connectivity index (χ1) is 11.8. The van der Waals surface area contributed by atoms with Gasteiger partial charge in [0.2, 0.25) is 11.8 Å². The molecular formula is C19H25N3O2. The number of carbonyl (C=O) groups is 1. The summed E-state index contributed by atoms with van der Waals surface area (Å²) in [5.41, 5.74) is 2.66. The second-order valence-corrected chi connectivity index (χ2v) is 6.38. The highest BCUT2D eigenvalue weighted by molar-refractivity contribution is 5.76. The highest BCUT2D eigenvalue weighted by atomic mass is 16.5. The smallest absolute Gasteiger partial charge is 0.226 e. The molecule has 1 aromatic heterocycles. The maximum atomic E-state index is 12.3. The minimum Gasteiger partial charge on any atom is -0.349 e. The summed E-state index contributed by atoms with van der Waals surface area (Å²) in [6.07, 6.45) is 7.12. The minimum atomic E-state index is 0.104. The lowest BCUT2D eigenvalue weighted by Gasteiger charge is -2.19. The van der Waals surface area contributed by atoms with Gasteiger partial charge in [0, 0.05) is 19.3 Å². The fourth-order valence-corrected chi connectivity index (χ4v) is 3.27. The Morgan fingerprint density at radius 3 is 3.04 bits per heavy atom. The van der Waals surface area contributed by atoms with Crippen LogP contribution in [-0.2, 0) is 24.1 Å². The Bertz CT molecular complexity index is 681. The van der Waals surface area contributed by atoms with Gasteiger partial charge in [0.1, 0.15) is 0 Å². The molecule has 1 N–H and O–H groups in total. The molecule has 1 aromatic carbocycles. The number of nitrogens with one attached hydrogen (secondary N) is 1. The number of hydrogen-bond donors (Lipinski definition) is 1. The van der Waals surface area contributed by atoms with Gasteiger partial charge in [-0.25, -0.2) is 0 Å². The van der Waals surface area contributed by atoms with Crippen molar-refractivity contribution in [2.45, 2.75) is 64.3 Å². The van der Waals surface area contributed by atoms with Crippen molar-refractivity contribution in [2.24, 2.45) is 0 Å². The average molecular weight is 327 g/mol. The highest BCUT2D eigenvalue weighted by Gasteiger charge is 2.19. The number of carbonyl (C=O) groups excluding carboxylic acids is 1. The lowest BCUT2D eigenvalue weighted by Crippen LogP contribution is -2.28. The molecule has 1 aliphatic carbocycles. The number of aromatic nitrogens is 2. The number of nitrogens with zero attached hydrogens (tertiary/aromatic N) is 2. The highest BCUT2D eigenvalue weighted by Crippen LogP contribution is 2.28. The Hall–Kier alpha value is -2.17. The molecule has 0 saturated heterocycles. The van der Waals surface area contributed by atoms with Gasteiger partial charge < -0.3 is 9.84 Å². The van der Waals surface area contributed by atoms with Gasteiger partial charge in [-0.1, -0.05) is 42.8 Å². The van der Waals surface area contributed by atoms with E-state index < -0.39 is 0 Å². The maximum Gasteiger partial charge on any atom is 0.226 e. The van der Waals surface area contributed by atoms with Gasteiger partial charge in [-0.2, -0.15) is 4.98 Å². The lowest BCUT2D eigenvalue weighted by molar-refractivity contribution is -0.122. The van der Waals surface area contributed by atoms with Crippen molar-refractivity contribution in [3.05, 3.63) is 47.1 Å². The van der Waals surface area contributed by atoms with Crippen LogP contribution in [0.15, 0.2) is 28.8 Å². The zero-order valence-corrected chi connectivity index (χ0v) is 14.3. The fourth-order valence-electron chi connectivity index (χ4n) is 3.27. The first-order valence-corrected chi connectivity index (χ1v) is 8.95. The number of aryl methyl sites for hydroxylation is 3. The molecule has 1 aliphatic rings. The molecule has 0 spiro atoms. The van der Waals surface area contributed by atoms with Crippen LogP contribution in [0.1, 0.15) is 67.9 Å². The molecule has 24 heavy (non-hydrogen) atoms. The van der Waals surface area contributed by atoms with Crippen LogP contribution in [0.3, 0.4) is 0 Å². The Morgan fingerprint density at radius 1 is 1.33 bits per heavy atom. The molecule has 0 aliphatic heterocycles. The summed E-state index contributed by atoms with van der Waals surface area (Å²) in [6.45, 7) is 1.99. The molecule has 5 nitrogen and oxygen atoms in total. The summed E-state index contributed by atoms with van der Waals surface area (Å²) in [4.78, 5) is 16.6. The predicted octanol–water partition coefficient (Wildman–Crippen LogP) is 3.54. The van der Waals surface area contributed by atoms with Crippen LogP contribution in [0.5, 0.6) is 0 Å². The summed E-state index contributed by atoms with van der Waals surface area (Å²) in [5, 5.41) is 7.09. The maximum absolute atomic E-state index is 12.3. The topological polar surface area (TPSA) is 68.0 Å². The van der Waals surface area contributed by atoms with E-state index in [2.05, 4.69) is 39.7 Å². The van der Waals surface area contributed by atoms with Gasteiger partial charge in [0.15, 0.2) is 5.82 Å². The van der Waals surface area contributed by atoms with Crippen LogP contribution < -0.4 is 5.32 Å². The normalized spacial score (nSPS) is 17.1. The van der Waals surface area contributed by atoms with Crippen LogP contribution in [0.2, 0.25) is 0 Å². The summed E-state index contributed by atoms with van der Waals surface area (Å²) >= 11 is 0. The molecule has 0 saturated carbocycles. The van der Waals surface area contributed by atoms with Gasteiger partial charge in [-0.3, -0.25) is 4.79 Å². The third kappa shape index (κ3) is 4.22. The SMILES string of the molecule is CCc1noc(CCCC(=O)N[C@@H]2CCCCc3ccccc32)n1. The van der Waals surface area contributed by atoms with Crippen molar-refractivity contribution in [3.63, 3.8) is 0 Å². The first-order valence-electron chi connectivity index (χ1n) is 8.95. The quantitative estimate of drug-likeness (QED) is 0.824. The van der Waals surface area contributed by atoms with Crippen LogP contribution in [0.25, 0.3) is 0 Å². The second-order valence-electron chi connectivity index (χ2n) is 6.38. The van der Waals surface area contributed by atoms with E-state index in [1.165, 1.54) is 17.5 Å². The standard InChI is InChI=1S/C19H25N3O2/c1-2-17-21-19(24-22-17)13-7-12-18(23)20-16-11-6-4-9-14-8-3-5-10-15(14)16/h3,5,8,10,16H,2,4,6-7,9,11-13H2,1H3,(H,20,23)/t16-/m1/s1. The Kier molecular flexibility index (Phi) is 5.62. The number of amides is 1. The van der Waals surface area contributed by atoms with Crippen molar-refractivity contribution in [1.82, 2.24) is 15.5 Å². The molecule has 1 heterocycles. The largest absolute Gasteiger partial charge is 0.349 e. The number of rotatable bonds is 6. The van der Waals surface area contributed by atoms with Crippen molar-refractivity contribution in [2.75, 3.05) is 0 Å². The van der Waals surface area contributed by atoms with Crippen LogP contribution in [0, 0.1) is 0 Å². The summed E-state index contributed by atoms with van der Waals surface area (Å²) < 4.78 is 5.16. The Labute approximate surface area is 142 Å². The number of fused-ring (bicyclic) bond motifs is 1. The molecule has 1 amide bonds. The van der Waals surface area contributed by atoms with Crippen molar-refractivity contribution < 1.29 is 9.32 Å². The van der Waals surface area contributed by atoms with Gasteiger partial charge in [-0.15, -0.1) is 0 Å². The molecule has 128 valence electrons. The third-order valence-corrected chi connectivity index (χ3v) is 4.58. The summed E-state index contributed by atoms with van der Waals surface area (Å²) in [7, 11) is 0. The van der Waals surface area contributed by atoms with E-state index in [-0.39, 0.29) is 11.9 Å². The molecule has 0 bridgehead atoms. The first kappa shape index (κ1) is 16.7. The molecule has 3 rings (SSSR count). The molecule has 5 heteroatoms. The van der Waals surface area contributed by atoms with Gasteiger partial charge in [0.25, 0.3) is 0 Å². The van der Waals surface area contributed by atoms with Gasteiger partial charge in [-0.05, 0) is 36.8 Å². The second kappa shape index (κ2) is 8.08. The number of hydrogen-bond acceptors (Lipinski definition) is 4. The van der Waals surface area contributed by atoms with E-state index in [0.717, 1.165) is 37.9 Å². The molecule has 2 aromatic rings. The van der Waals surface area contributed by atoms with E-state index in [9.17, 15) is 4.79 Å². The van der Waals surface area contributed by atoms with E-state index in [1.54, 1.807) is 0 Å². The van der Waals surface area contributed by atoms with Crippen LogP contribution >= 0.6 is 0 Å². The summed E-state index contributed by atoms with van der Waals surface area (Å²) in [6, 6.07) is 8.62. The average Bonchev–Trinajstić information content (AvgIpc) is 2.96. The summed E-state index contributed by atoms with van der Waals surface area (Å²) in [5.74, 6) is 1.45. The molecule has 0 fully saturated rings. The number of benzene rings is 1. The minimum absolute atomic E-state index is 0.104. The molecule has 0 unspecified atom stereocenters. The van der Waals surface area contributed by atoms with E-state index in [0.29, 0.717) is 18.7 Å². The van der Waals surface area contributed by atoms with Crippen molar-refractivity contribution in [3.8, 4) is 0 Å². The van der Waals surface area contributed by atoms with Gasteiger partial charge >= 0.3 is 0 Å². The fraction of sp³-hybridized carbons (Fsp3) is 0.526. The van der Waals surface area contributed by atoms with Crippen LogP contribution in [0.4, 0.5) is 0 Å². The van der Waals surface area contributed by atoms with Crippen molar-refractivity contribution in [1.29, 1.82) is 0 Å². The zero-order valence-electron chi connectivity index (χ0n) is 14.3. The van der Waals surface area contributed by atoms with Crippen LogP contribution in [-0.4, -0.2) is 16.0 Å². The monoisotopic (exact) mass is 327 g/mol. The van der Waals surface area contributed by atoms with Crippen molar-refractivity contribution >= 4 is 5.91 Å². The van der Waals surface area contributed by atoms with Gasteiger partial charge in [0.05, 0.1) is 6.04 Å². The van der Waals surface area contributed by atoms with E-state index >= 15 is 0 Å². The van der Waals surface area contributed by atoms with E-state index in [1.807, 2.05) is 6.92 Å². The molecular weight excluding hydrogens is 302 g/mol. The molecule has 0 radical (unpaired) electrons.